The molecule has 2 aliphatic rings. The molecule has 0 radical (unpaired) electrons. The molecule has 0 amide bonds. The molecule has 0 saturated heterocycles. The molecule has 1 heterocycles. The van der Waals surface area contributed by atoms with E-state index in [1.165, 1.54) is 0 Å². The highest BCUT2D eigenvalue weighted by Gasteiger charge is 2.42. The quantitative estimate of drug-likeness (QED) is 0.480. The number of dihydropyridines is 1. The Labute approximate surface area is 218 Å². The Hall–Kier alpha value is -3.74. The average molecular weight is 506 g/mol. The fourth-order valence-electron chi connectivity index (χ4n) is 5.12. The van der Waals surface area contributed by atoms with Crippen molar-refractivity contribution in [3.05, 3.63) is 76.1 Å². The zero-order valence-electron chi connectivity index (χ0n) is 22.3. The summed E-state index contributed by atoms with van der Waals surface area (Å²) in [4.78, 5) is 27.2. The largest absolute Gasteiger partial charge is 0.497 e. The normalized spacial score (nSPS) is 20.1. The van der Waals surface area contributed by atoms with Crippen LogP contribution in [0.3, 0.4) is 0 Å². The molecule has 1 aliphatic heterocycles. The number of ether oxygens (including phenoxy) is 4. The number of benzene rings is 2. The monoisotopic (exact) mass is 505 g/mol. The van der Waals surface area contributed by atoms with E-state index < -0.39 is 11.9 Å². The minimum Gasteiger partial charge on any atom is -0.497 e. The van der Waals surface area contributed by atoms with E-state index in [4.69, 9.17) is 18.9 Å². The maximum absolute atomic E-state index is 13.8. The Bertz CT molecular complexity index is 1240. The zero-order valence-corrected chi connectivity index (χ0v) is 22.3. The van der Waals surface area contributed by atoms with Gasteiger partial charge < -0.3 is 24.3 Å². The zero-order chi connectivity index (χ0) is 26.7. The molecule has 7 nitrogen and oxygen atoms in total. The van der Waals surface area contributed by atoms with Crippen LogP contribution in [0.25, 0.3) is 0 Å². The van der Waals surface area contributed by atoms with Gasteiger partial charge in [0.15, 0.2) is 17.3 Å². The topological polar surface area (TPSA) is 83.1 Å². The summed E-state index contributed by atoms with van der Waals surface area (Å²) in [6.45, 7) is 5.70. The maximum atomic E-state index is 13.8. The lowest BCUT2D eigenvalue weighted by atomic mass is 9.71. The lowest BCUT2D eigenvalue weighted by molar-refractivity contribution is -0.144. The van der Waals surface area contributed by atoms with Gasteiger partial charge in [-0.25, -0.2) is 4.79 Å². The van der Waals surface area contributed by atoms with Crippen molar-refractivity contribution < 1.29 is 28.5 Å². The highest BCUT2D eigenvalue weighted by molar-refractivity contribution is 6.04. The summed E-state index contributed by atoms with van der Waals surface area (Å²) in [5.74, 6) is 0.930. The average Bonchev–Trinajstić information content (AvgIpc) is 2.91. The van der Waals surface area contributed by atoms with E-state index in [0.717, 1.165) is 22.6 Å². The van der Waals surface area contributed by atoms with Crippen molar-refractivity contribution in [3.8, 4) is 17.2 Å². The number of carbonyl (C=O) groups excluding carboxylic acids is 2. The van der Waals surface area contributed by atoms with Crippen molar-refractivity contribution in [2.24, 2.45) is 0 Å². The van der Waals surface area contributed by atoms with Crippen LogP contribution < -0.4 is 19.5 Å². The summed E-state index contributed by atoms with van der Waals surface area (Å²) in [5, 5.41) is 3.40. The summed E-state index contributed by atoms with van der Waals surface area (Å²) in [6, 6.07) is 13.4. The predicted molar refractivity (Wildman–Crippen MR) is 141 cm³/mol. The minimum absolute atomic E-state index is 0.00990. The summed E-state index contributed by atoms with van der Waals surface area (Å²) in [5.41, 5.74) is 4.44. The predicted octanol–water partition coefficient (Wildman–Crippen LogP) is 5.42. The smallest absolute Gasteiger partial charge is 0.337 e. The second-order valence-corrected chi connectivity index (χ2v) is 9.53. The van der Waals surface area contributed by atoms with Crippen molar-refractivity contribution in [3.63, 3.8) is 0 Å². The first kappa shape index (κ1) is 26.3. The van der Waals surface area contributed by atoms with E-state index in [2.05, 4.69) is 5.32 Å². The molecule has 1 N–H and O–H groups in total. The van der Waals surface area contributed by atoms with Gasteiger partial charge in [-0.1, -0.05) is 25.1 Å². The van der Waals surface area contributed by atoms with E-state index >= 15 is 0 Å². The summed E-state index contributed by atoms with van der Waals surface area (Å²) < 4.78 is 22.0. The first-order valence-electron chi connectivity index (χ1n) is 12.6. The van der Waals surface area contributed by atoms with Crippen molar-refractivity contribution in [1.82, 2.24) is 5.32 Å². The molecule has 0 bridgehead atoms. The van der Waals surface area contributed by atoms with Crippen LogP contribution in [0.1, 0.15) is 63.0 Å². The Kier molecular flexibility index (Phi) is 7.91. The first-order valence-corrected chi connectivity index (χ1v) is 12.6. The highest BCUT2D eigenvalue weighted by atomic mass is 16.5. The summed E-state index contributed by atoms with van der Waals surface area (Å²) in [6.07, 6.45) is 1.46. The standard InChI is InChI=1S/C30H35NO6/c1-7-17(2)37-30(33)27-18(3)31-23-14-21(19-8-11-22(34-4)12-9-19)15-24(32)29(23)28(27)20-10-13-25(35-5)26(16-20)36-6/h8-13,16-17,21,28,31H,7,14-15H2,1-6H3/t17-,21+,28-/m1/s1. The SMILES string of the molecule is CC[C@@H](C)OC(=O)C1=C(C)NC2=C(C(=O)C[C@@H](c3ccc(OC)cc3)C2)[C@@H]1c1ccc(OC)c(OC)c1. The molecule has 0 fully saturated rings. The highest BCUT2D eigenvalue weighted by Crippen LogP contribution is 2.47. The number of esters is 1. The minimum atomic E-state index is -0.572. The third kappa shape index (κ3) is 5.22. The molecular weight excluding hydrogens is 470 g/mol. The second-order valence-electron chi connectivity index (χ2n) is 9.53. The number of hydrogen-bond donors (Lipinski definition) is 1. The molecule has 4 rings (SSSR count). The van der Waals surface area contributed by atoms with Gasteiger partial charge in [-0.15, -0.1) is 0 Å². The first-order chi connectivity index (χ1) is 17.8. The number of allylic oxidation sites excluding steroid dienone is 3. The number of carbonyl (C=O) groups is 2. The van der Waals surface area contributed by atoms with Crippen LogP contribution in [0, 0.1) is 0 Å². The molecule has 0 aromatic heterocycles. The van der Waals surface area contributed by atoms with Crippen molar-refractivity contribution in [1.29, 1.82) is 0 Å². The van der Waals surface area contributed by atoms with E-state index in [1.54, 1.807) is 27.4 Å². The molecule has 0 unspecified atom stereocenters. The van der Waals surface area contributed by atoms with Gasteiger partial charge in [-0.3, -0.25) is 4.79 Å². The molecule has 0 spiro atoms. The third-order valence-electron chi connectivity index (χ3n) is 7.26. The summed E-state index contributed by atoms with van der Waals surface area (Å²) in [7, 11) is 4.78. The van der Waals surface area contributed by atoms with Crippen molar-refractivity contribution >= 4 is 11.8 Å². The van der Waals surface area contributed by atoms with Crippen molar-refractivity contribution in [2.45, 2.75) is 58.0 Å². The van der Waals surface area contributed by atoms with Crippen molar-refractivity contribution in [2.75, 3.05) is 21.3 Å². The van der Waals surface area contributed by atoms with Gasteiger partial charge in [-0.05, 0) is 68.0 Å². The van der Waals surface area contributed by atoms with Crippen LogP contribution in [-0.2, 0) is 14.3 Å². The molecule has 2 aromatic rings. The van der Waals surface area contributed by atoms with Gasteiger partial charge in [-0.2, -0.15) is 0 Å². The lowest BCUT2D eigenvalue weighted by Crippen LogP contribution is -2.36. The van der Waals surface area contributed by atoms with E-state index in [1.807, 2.05) is 57.2 Å². The molecule has 37 heavy (non-hydrogen) atoms. The Balaban J connectivity index is 1.79. The number of methoxy groups -OCH3 is 3. The Morgan fingerprint density at radius 1 is 0.973 bits per heavy atom. The number of hydrogen-bond acceptors (Lipinski definition) is 7. The van der Waals surface area contributed by atoms with Crippen LogP contribution in [0.15, 0.2) is 65.0 Å². The van der Waals surface area contributed by atoms with Gasteiger partial charge in [0.1, 0.15) is 5.75 Å². The van der Waals surface area contributed by atoms with Crippen LogP contribution in [0.5, 0.6) is 17.2 Å². The van der Waals surface area contributed by atoms with E-state index in [0.29, 0.717) is 47.6 Å². The van der Waals surface area contributed by atoms with Gasteiger partial charge in [0, 0.05) is 29.3 Å². The lowest BCUT2D eigenvalue weighted by Gasteiger charge is -2.37. The maximum Gasteiger partial charge on any atom is 0.337 e. The molecule has 0 saturated carbocycles. The third-order valence-corrected chi connectivity index (χ3v) is 7.26. The molecule has 2 aromatic carbocycles. The number of rotatable bonds is 8. The molecule has 196 valence electrons. The summed E-state index contributed by atoms with van der Waals surface area (Å²) >= 11 is 0. The van der Waals surface area contributed by atoms with Gasteiger partial charge in [0.25, 0.3) is 0 Å². The van der Waals surface area contributed by atoms with E-state index in [-0.39, 0.29) is 17.8 Å². The molecule has 1 aliphatic carbocycles. The Morgan fingerprint density at radius 3 is 2.27 bits per heavy atom. The van der Waals surface area contributed by atoms with E-state index in [9.17, 15) is 9.59 Å². The van der Waals surface area contributed by atoms with Crippen LogP contribution >= 0.6 is 0 Å². The Morgan fingerprint density at radius 2 is 1.65 bits per heavy atom. The molecular formula is C30H35NO6. The second kappa shape index (κ2) is 11.1. The fraction of sp³-hybridized carbons (Fsp3) is 0.400. The fourth-order valence-corrected chi connectivity index (χ4v) is 5.12. The van der Waals surface area contributed by atoms with Crippen LogP contribution in [0.4, 0.5) is 0 Å². The van der Waals surface area contributed by atoms with Crippen LogP contribution in [0.2, 0.25) is 0 Å². The number of ketones is 1. The van der Waals surface area contributed by atoms with Gasteiger partial charge >= 0.3 is 5.97 Å². The van der Waals surface area contributed by atoms with Gasteiger partial charge in [0.05, 0.1) is 33.0 Å². The number of Topliss-reactive ketones (excluding diaryl/α,β-unsaturated/α-hetero) is 1. The number of nitrogens with one attached hydrogen (secondary N) is 1. The molecule has 3 atom stereocenters. The van der Waals surface area contributed by atoms with Crippen LogP contribution in [-0.4, -0.2) is 39.2 Å². The van der Waals surface area contributed by atoms with Gasteiger partial charge in [0.2, 0.25) is 0 Å². The molecule has 7 heteroatoms.